The maximum atomic E-state index is 12.8. The summed E-state index contributed by atoms with van der Waals surface area (Å²) >= 11 is 1.65. The monoisotopic (exact) mass is 404 g/mol. The molecular weight excluding hydrogens is 380 g/mol. The minimum absolute atomic E-state index is 0.0878. The summed E-state index contributed by atoms with van der Waals surface area (Å²) < 4.78 is 28.3. The third-order valence-electron chi connectivity index (χ3n) is 4.51. The van der Waals surface area contributed by atoms with Crippen LogP contribution in [0.1, 0.15) is 39.2 Å². The van der Waals surface area contributed by atoms with E-state index in [1.165, 1.54) is 6.92 Å². The first-order valence-electron chi connectivity index (χ1n) is 8.89. The number of carbonyl (C=O) groups excluding carboxylic acids is 1. The third-order valence-corrected chi connectivity index (χ3v) is 7.04. The quantitative estimate of drug-likeness (QED) is 0.817. The van der Waals surface area contributed by atoms with Gasteiger partial charge in [0.25, 0.3) is 10.0 Å². The molecule has 1 heterocycles. The van der Waals surface area contributed by atoms with Gasteiger partial charge in [-0.05, 0) is 41.8 Å². The van der Waals surface area contributed by atoms with Crippen LogP contribution < -0.4 is 9.62 Å². The van der Waals surface area contributed by atoms with Gasteiger partial charge in [0.2, 0.25) is 5.91 Å². The minimum atomic E-state index is -3.74. The lowest BCUT2D eigenvalue weighted by molar-refractivity contribution is -0.116. The summed E-state index contributed by atoms with van der Waals surface area (Å²) in [5, 5.41) is 0.265. The number of carbonyl (C=O) groups is 1. The summed E-state index contributed by atoms with van der Waals surface area (Å²) in [6.45, 7) is 8.30. The molecule has 0 aliphatic carbocycles. The van der Waals surface area contributed by atoms with Gasteiger partial charge in [0, 0.05) is 29.3 Å². The van der Waals surface area contributed by atoms with Crippen molar-refractivity contribution in [1.29, 1.82) is 0 Å². The van der Waals surface area contributed by atoms with Crippen LogP contribution in [0.25, 0.3) is 0 Å². The predicted molar refractivity (Wildman–Crippen MR) is 111 cm³/mol. The Morgan fingerprint density at radius 2 is 1.85 bits per heavy atom. The SMILES string of the molecule is CC(=O)N1C[C@@H](C)Sc2ccc(S(=O)(=O)Nc3ccc(C(C)C)cc3)cc21. The molecule has 0 spiro atoms. The number of hydrogen-bond donors (Lipinski definition) is 1. The number of rotatable bonds is 4. The van der Waals surface area contributed by atoms with E-state index in [0.717, 1.165) is 10.5 Å². The van der Waals surface area contributed by atoms with Gasteiger partial charge >= 0.3 is 0 Å². The molecular formula is C20H24N2O3S2. The standard InChI is InChI=1S/C20H24N2O3S2/c1-13(2)16-5-7-17(8-6-16)21-27(24,25)18-9-10-20-19(11-18)22(15(4)23)12-14(3)26-20/h5-11,13-14,21H,12H2,1-4H3/t14-/m1/s1. The molecule has 0 aromatic heterocycles. The zero-order valence-electron chi connectivity index (χ0n) is 15.9. The Hall–Kier alpha value is -1.99. The molecule has 1 aliphatic heterocycles. The highest BCUT2D eigenvalue weighted by Gasteiger charge is 2.27. The number of thioether (sulfide) groups is 1. The number of benzene rings is 2. The van der Waals surface area contributed by atoms with E-state index in [1.54, 1.807) is 47.0 Å². The highest BCUT2D eigenvalue weighted by molar-refractivity contribution is 8.00. The van der Waals surface area contributed by atoms with Crippen LogP contribution in [0, 0.1) is 0 Å². The smallest absolute Gasteiger partial charge is 0.261 e. The largest absolute Gasteiger partial charge is 0.310 e. The summed E-state index contributed by atoms with van der Waals surface area (Å²) in [5.41, 5.74) is 2.32. The molecule has 0 radical (unpaired) electrons. The van der Waals surface area contributed by atoms with Gasteiger partial charge in [-0.3, -0.25) is 9.52 Å². The fraction of sp³-hybridized carbons (Fsp3) is 0.350. The first-order chi connectivity index (χ1) is 12.7. The lowest BCUT2D eigenvalue weighted by atomic mass is 10.0. The van der Waals surface area contributed by atoms with Gasteiger partial charge in [-0.15, -0.1) is 11.8 Å². The lowest BCUT2D eigenvalue weighted by Crippen LogP contribution is -2.37. The van der Waals surface area contributed by atoms with Crippen LogP contribution in [-0.4, -0.2) is 26.1 Å². The normalized spacial score (nSPS) is 16.9. The molecule has 0 fully saturated rings. The number of sulfonamides is 1. The van der Waals surface area contributed by atoms with E-state index < -0.39 is 10.0 Å². The first-order valence-corrected chi connectivity index (χ1v) is 11.3. The van der Waals surface area contributed by atoms with Gasteiger partial charge in [0.1, 0.15) is 0 Å². The molecule has 2 aromatic carbocycles. The van der Waals surface area contributed by atoms with E-state index in [9.17, 15) is 13.2 Å². The third kappa shape index (κ3) is 4.30. The molecule has 5 nitrogen and oxygen atoms in total. The topological polar surface area (TPSA) is 66.5 Å². The van der Waals surface area contributed by atoms with Crippen molar-refractivity contribution in [2.45, 2.75) is 48.7 Å². The van der Waals surface area contributed by atoms with E-state index in [4.69, 9.17) is 0 Å². The Bertz CT molecular complexity index is 954. The number of anilines is 2. The van der Waals surface area contributed by atoms with Crippen molar-refractivity contribution in [3.8, 4) is 0 Å². The van der Waals surface area contributed by atoms with Gasteiger partial charge in [-0.1, -0.05) is 32.9 Å². The van der Waals surface area contributed by atoms with Crippen LogP contribution in [0.4, 0.5) is 11.4 Å². The number of hydrogen-bond acceptors (Lipinski definition) is 4. The zero-order valence-corrected chi connectivity index (χ0v) is 17.5. The number of amides is 1. The van der Waals surface area contributed by atoms with E-state index in [2.05, 4.69) is 25.5 Å². The number of nitrogens with one attached hydrogen (secondary N) is 1. The highest BCUT2D eigenvalue weighted by atomic mass is 32.2. The van der Waals surface area contributed by atoms with Crippen LogP contribution >= 0.6 is 11.8 Å². The van der Waals surface area contributed by atoms with E-state index in [-0.39, 0.29) is 16.1 Å². The van der Waals surface area contributed by atoms with Gasteiger partial charge in [0.15, 0.2) is 0 Å². The molecule has 0 saturated carbocycles. The summed E-state index contributed by atoms with van der Waals surface area (Å²) in [6.07, 6.45) is 0. The Labute approximate surface area is 165 Å². The highest BCUT2D eigenvalue weighted by Crippen LogP contribution is 2.39. The Morgan fingerprint density at radius 1 is 1.19 bits per heavy atom. The molecule has 1 N–H and O–H groups in total. The summed E-state index contributed by atoms with van der Waals surface area (Å²) in [5.74, 6) is 0.295. The van der Waals surface area contributed by atoms with Crippen LogP contribution in [-0.2, 0) is 14.8 Å². The molecule has 2 aromatic rings. The molecule has 0 saturated heterocycles. The maximum Gasteiger partial charge on any atom is 0.261 e. The number of fused-ring (bicyclic) bond motifs is 1. The van der Waals surface area contributed by atoms with Crippen molar-refractivity contribution in [1.82, 2.24) is 0 Å². The van der Waals surface area contributed by atoms with Crippen molar-refractivity contribution in [2.75, 3.05) is 16.2 Å². The second kappa shape index (κ2) is 7.56. The van der Waals surface area contributed by atoms with E-state index in [0.29, 0.717) is 23.8 Å². The summed E-state index contributed by atoms with van der Waals surface area (Å²) in [7, 11) is -3.74. The molecule has 27 heavy (non-hydrogen) atoms. The first kappa shape index (κ1) is 19.8. The summed E-state index contributed by atoms with van der Waals surface area (Å²) in [6, 6.07) is 12.3. The Balaban J connectivity index is 1.91. The molecule has 0 unspecified atom stereocenters. The van der Waals surface area contributed by atoms with Crippen LogP contribution in [0.5, 0.6) is 0 Å². The second-order valence-corrected chi connectivity index (χ2v) is 10.2. The van der Waals surface area contributed by atoms with Gasteiger partial charge in [0.05, 0.1) is 10.6 Å². The van der Waals surface area contributed by atoms with Crippen LogP contribution in [0.15, 0.2) is 52.3 Å². The summed E-state index contributed by atoms with van der Waals surface area (Å²) in [4.78, 5) is 14.7. The molecule has 1 amide bonds. The van der Waals surface area contributed by atoms with Crippen molar-refractivity contribution in [3.63, 3.8) is 0 Å². The van der Waals surface area contributed by atoms with Crippen molar-refractivity contribution in [3.05, 3.63) is 48.0 Å². The Morgan fingerprint density at radius 3 is 2.44 bits per heavy atom. The van der Waals surface area contributed by atoms with Crippen LogP contribution in [0.3, 0.4) is 0 Å². The average Bonchev–Trinajstić information content (AvgIpc) is 2.60. The predicted octanol–water partition coefficient (Wildman–Crippen LogP) is 4.46. The molecule has 3 rings (SSSR count). The van der Waals surface area contributed by atoms with Gasteiger partial charge < -0.3 is 4.90 Å². The van der Waals surface area contributed by atoms with Crippen molar-refractivity contribution in [2.24, 2.45) is 0 Å². The van der Waals surface area contributed by atoms with E-state index >= 15 is 0 Å². The van der Waals surface area contributed by atoms with Crippen LogP contribution in [0.2, 0.25) is 0 Å². The Kier molecular flexibility index (Phi) is 5.53. The second-order valence-electron chi connectivity index (χ2n) is 7.07. The zero-order chi connectivity index (χ0) is 19.8. The van der Waals surface area contributed by atoms with E-state index in [1.807, 2.05) is 12.1 Å². The fourth-order valence-electron chi connectivity index (χ4n) is 3.03. The lowest BCUT2D eigenvalue weighted by Gasteiger charge is -2.32. The fourth-order valence-corrected chi connectivity index (χ4v) is 5.20. The average molecular weight is 405 g/mol. The maximum absolute atomic E-state index is 12.8. The number of nitrogens with zero attached hydrogens (tertiary/aromatic N) is 1. The molecule has 0 bridgehead atoms. The molecule has 1 aliphatic rings. The molecule has 7 heteroatoms. The van der Waals surface area contributed by atoms with Crippen molar-refractivity contribution < 1.29 is 13.2 Å². The van der Waals surface area contributed by atoms with Gasteiger partial charge in [-0.25, -0.2) is 8.42 Å². The van der Waals surface area contributed by atoms with Crippen molar-refractivity contribution >= 4 is 39.1 Å². The minimum Gasteiger partial charge on any atom is -0.310 e. The van der Waals surface area contributed by atoms with Gasteiger partial charge in [-0.2, -0.15) is 0 Å². The molecule has 144 valence electrons. The molecule has 1 atom stereocenters.